The number of hydrogen-bond donors (Lipinski definition) is 0. The van der Waals surface area contributed by atoms with Crippen molar-refractivity contribution >= 4 is 11.9 Å². The number of hydrogen-bond acceptors (Lipinski definition) is 1. The van der Waals surface area contributed by atoms with Gasteiger partial charge >= 0.3 is 0 Å². The highest BCUT2D eigenvalue weighted by atomic mass is 14.7. The highest BCUT2D eigenvalue weighted by Crippen LogP contribution is 2.09. The molecule has 0 amide bonds. The Kier molecular flexibility index (Phi) is 3.89. The Labute approximate surface area is 96.5 Å². The minimum atomic E-state index is 0.985. The van der Waals surface area contributed by atoms with Crippen molar-refractivity contribution in [3.63, 3.8) is 0 Å². The second-order valence-corrected chi connectivity index (χ2v) is 3.67. The van der Waals surface area contributed by atoms with E-state index in [2.05, 4.69) is 29.3 Å². The van der Waals surface area contributed by atoms with Crippen LogP contribution in [0.25, 0.3) is 0 Å². The van der Waals surface area contributed by atoms with Gasteiger partial charge in [0, 0.05) is 6.21 Å². The fourth-order valence-corrected chi connectivity index (χ4v) is 1.56. The molecule has 0 N–H and O–H groups in total. The Morgan fingerprint density at radius 3 is 2.12 bits per heavy atom. The fourth-order valence-electron chi connectivity index (χ4n) is 1.56. The van der Waals surface area contributed by atoms with Gasteiger partial charge in [-0.15, -0.1) is 0 Å². The second-order valence-electron chi connectivity index (χ2n) is 3.67. The first kappa shape index (κ1) is 10.6. The number of rotatable bonds is 4. The zero-order valence-electron chi connectivity index (χ0n) is 9.21. The van der Waals surface area contributed by atoms with Crippen molar-refractivity contribution in [2.45, 2.75) is 12.8 Å². The minimum Gasteiger partial charge on any atom is -0.261 e. The van der Waals surface area contributed by atoms with Crippen LogP contribution in [-0.2, 0) is 6.42 Å². The van der Waals surface area contributed by atoms with Gasteiger partial charge in [0.25, 0.3) is 0 Å². The van der Waals surface area contributed by atoms with Crippen LogP contribution in [0.2, 0.25) is 0 Å². The molecule has 0 saturated carbocycles. The van der Waals surface area contributed by atoms with Crippen molar-refractivity contribution in [1.29, 1.82) is 0 Å². The van der Waals surface area contributed by atoms with Crippen LogP contribution in [-0.4, -0.2) is 6.21 Å². The molecule has 1 heteroatoms. The van der Waals surface area contributed by atoms with Gasteiger partial charge in [-0.25, -0.2) is 0 Å². The molecular formula is C15H15N. The lowest BCUT2D eigenvalue weighted by molar-refractivity contribution is 1.05. The summed E-state index contributed by atoms with van der Waals surface area (Å²) >= 11 is 0. The van der Waals surface area contributed by atoms with E-state index in [-0.39, 0.29) is 0 Å². The monoisotopic (exact) mass is 209 g/mol. The third kappa shape index (κ3) is 3.35. The van der Waals surface area contributed by atoms with Gasteiger partial charge in [-0.1, -0.05) is 48.5 Å². The smallest absolute Gasteiger partial charge is 0.0625 e. The van der Waals surface area contributed by atoms with Gasteiger partial charge in [0.1, 0.15) is 0 Å². The summed E-state index contributed by atoms with van der Waals surface area (Å²) in [6.07, 6.45) is 4.03. The fraction of sp³-hybridized carbons (Fsp3) is 0.133. The Hall–Kier alpha value is -1.89. The van der Waals surface area contributed by atoms with Gasteiger partial charge in [0.05, 0.1) is 5.69 Å². The van der Waals surface area contributed by atoms with E-state index in [0.717, 1.165) is 18.5 Å². The molecule has 0 aliphatic rings. The zero-order chi connectivity index (χ0) is 11.1. The van der Waals surface area contributed by atoms with Crippen molar-refractivity contribution in [1.82, 2.24) is 0 Å². The van der Waals surface area contributed by atoms with Crippen molar-refractivity contribution in [2.24, 2.45) is 4.99 Å². The molecule has 0 aliphatic carbocycles. The molecule has 16 heavy (non-hydrogen) atoms. The molecule has 0 aromatic heterocycles. The molecule has 0 heterocycles. The van der Waals surface area contributed by atoms with Gasteiger partial charge in [-0.05, 0) is 30.5 Å². The maximum atomic E-state index is 4.40. The minimum absolute atomic E-state index is 0.985. The van der Waals surface area contributed by atoms with Gasteiger partial charge < -0.3 is 0 Å². The summed E-state index contributed by atoms with van der Waals surface area (Å²) < 4.78 is 0. The standard InChI is InChI=1S/C15H15N/c1-3-8-14(9-4-1)10-7-13-16-15-11-5-2-6-12-15/h1-6,8-9,11-13H,7,10H2. The number of aliphatic imine (C=N–C) groups is 1. The summed E-state index contributed by atoms with van der Waals surface area (Å²) in [6, 6.07) is 20.5. The molecule has 1 nitrogen and oxygen atoms in total. The van der Waals surface area contributed by atoms with Crippen LogP contribution < -0.4 is 0 Å². The van der Waals surface area contributed by atoms with Crippen molar-refractivity contribution in [3.05, 3.63) is 66.2 Å². The number of nitrogens with zero attached hydrogens (tertiary/aromatic N) is 1. The topological polar surface area (TPSA) is 12.4 Å². The summed E-state index contributed by atoms with van der Waals surface area (Å²) in [6.45, 7) is 0. The van der Waals surface area contributed by atoms with E-state index >= 15 is 0 Å². The SMILES string of the molecule is C(CCc1ccccc1)=Nc1ccccc1. The predicted octanol–water partition coefficient (Wildman–Crippen LogP) is 4.02. The number of para-hydroxylation sites is 1. The van der Waals surface area contributed by atoms with Crippen LogP contribution in [0.1, 0.15) is 12.0 Å². The first-order chi connectivity index (χ1) is 7.95. The molecule has 0 fully saturated rings. The highest BCUT2D eigenvalue weighted by molar-refractivity contribution is 5.63. The van der Waals surface area contributed by atoms with E-state index in [4.69, 9.17) is 0 Å². The normalized spacial score (nSPS) is 10.8. The Morgan fingerprint density at radius 1 is 0.812 bits per heavy atom. The molecule has 0 bridgehead atoms. The summed E-state index contributed by atoms with van der Waals surface area (Å²) in [5.74, 6) is 0. The van der Waals surface area contributed by atoms with E-state index in [1.165, 1.54) is 5.56 Å². The van der Waals surface area contributed by atoms with Crippen LogP contribution in [0.15, 0.2) is 65.7 Å². The molecule has 80 valence electrons. The Bertz CT molecular complexity index is 432. The highest BCUT2D eigenvalue weighted by Gasteiger charge is 1.89. The largest absolute Gasteiger partial charge is 0.261 e. The van der Waals surface area contributed by atoms with E-state index in [9.17, 15) is 0 Å². The van der Waals surface area contributed by atoms with Crippen LogP contribution in [0.3, 0.4) is 0 Å². The number of benzene rings is 2. The van der Waals surface area contributed by atoms with Gasteiger partial charge in [-0.3, -0.25) is 4.99 Å². The second kappa shape index (κ2) is 5.86. The van der Waals surface area contributed by atoms with Gasteiger partial charge in [0.2, 0.25) is 0 Å². The lowest BCUT2D eigenvalue weighted by atomic mass is 10.1. The van der Waals surface area contributed by atoms with E-state index in [1.807, 2.05) is 42.6 Å². The van der Waals surface area contributed by atoms with E-state index in [0.29, 0.717) is 0 Å². The maximum absolute atomic E-state index is 4.40. The van der Waals surface area contributed by atoms with Crippen molar-refractivity contribution < 1.29 is 0 Å². The van der Waals surface area contributed by atoms with Crippen LogP contribution in [0, 0.1) is 0 Å². The molecule has 2 rings (SSSR count). The quantitative estimate of drug-likeness (QED) is 0.674. The third-order valence-electron chi connectivity index (χ3n) is 2.40. The summed E-state index contributed by atoms with van der Waals surface area (Å²) in [5.41, 5.74) is 2.39. The Balaban J connectivity index is 1.83. The average molecular weight is 209 g/mol. The molecule has 0 radical (unpaired) electrons. The molecular weight excluding hydrogens is 194 g/mol. The third-order valence-corrected chi connectivity index (χ3v) is 2.40. The molecule has 0 saturated heterocycles. The van der Waals surface area contributed by atoms with E-state index < -0.39 is 0 Å². The lowest BCUT2D eigenvalue weighted by Crippen LogP contribution is -1.84. The molecule has 0 spiro atoms. The van der Waals surface area contributed by atoms with Crippen molar-refractivity contribution in [3.8, 4) is 0 Å². The summed E-state index contributed by atoms with van der Waals surface area (Å²) in [7, 11) is 0. The van der Waals surface area contributed by atoms with Gasteiger partial charge in [0.15, 0.2) is 0 Å². The van der Waals surface area contributed by atoms with Gasteiger partial charge in [-0.2, -0.15) is 0 Å². The molecule has 0 aliphatic heterocycles. The molecule has 0 unspecified atom stereocenters. The molecule has 2 aromatic rings. The van der Waals surface area contributed by atoms with Crippen molar-refractivity contribution in [2.75, 3.05) is 0 Å². The molecule has 0 atom stereocenters. The zero-order valence-corrected chi connectivity index (χ0v) is 9.21. The lowest BCUT2D eigenvalue weighted by Gasteiger charge is -1.96. The van der Waals surface area contributed by atoms with Crippen LogP contribution in [0.4, 0.5) is 5.69 Å². The Morgan fingerprint density at radius 2 is 1.44 bits per heavy atom. The van der Waals surface area contributed by atoms with E-state index in [1.54, 1.807) is 0 Å². The average Bonchev–Trinajstić information content (AvgIpc) is 2.37. The summed E-state index contributed by atoms with van der Waals surface area (Å²) in [4.78, 5) is 4.40. The molecule has 2 aromatic carbocycles. The predicted molar refractivity (Wildman–Crippen MR) is 69.4 cm³/mol. The summed E-state index contributed by atoms with van der Waals surface area (Å²) in [5, 5.41) is 0. The maximum Gasteiger partial charge on any atom is 0.0625 e. The first-order valence-electron chi connectivity index (χ1n) is 5.56. The van der Waals surface area contributed by atoms with Crippen LogP contribution in [0.5, 0.6) is 0 Å². The number of aryl methyl sites for hydroxylation is 1. The van der Waals surface area contributed by atoms with Crippen LogP contribution >= 0.6 is 0 Å². The first-order valence-corrected chi connectivity index (χ1v) is 5.56.